The van der Waals surface area contributed by atoms with Gasteiger partial charge in [-0.25, -0.2) is 0 Å². The van der Waals surface area contributed by atoms with Crippen molar-refractivity contribution in [3.63, 3.8) is 0 Å². The molecule has 0 bridgehead atoms. The van der Waals surface area contributed by atoms with Gasteiger partial charge in [-0.15, -0.1) is 0 Å². The van der Waals surface area contributed by atoms with Crippen LogP contribution in [0.25, 0.3) is 0 Å². The predicted octanol–water partition coefficient (Wildman–Crippen LogP) is -0.348. The van der Waals surface area contributed by atoms with Crippen molar-refractivity contribution in [2.24, 2.45) is 17.6 Å². The number of Topliss-reactive ketones (excluding diaryl/α,β-unsaturated/α-hetero) is 2. The molecule has 1 aromatic carbocycles. The summed E-state index contributed by atoms with van der Waals surface area (Å²) in [4.78, 5) is 39.8. The second-order valence-electron chi connectivity index (χ2n) is 8.79. The smallest absolute Gasteiger partial charge is 0.255 e. The molecule has 10 nitrogen and oxygen atoms in total. The number of carbonyl (C=O) groups is 3. The molecule has 4 unspecified atom stereocenters. The van der Waals surface area contributed by atoms with Gasteiger partial charge < -0.3 is 31.3 Å². The van der Waals surface area contributed by atoms with Crippen molar-refractivity contribution in [3.8, 4) is 5.75 Å². The van der Waals surface area contributed by atoms with Crippen molar-refractivity contribution < 1.29 is 39.9 Å². The molecule has 0 aromatic heterocycles. The first kappa shape index (κ1) is 22.0. The number of primary amides is 1. The molecule has 0 saturated carbocycles. The number of aliphatic hydroxyl groups excluding tert-OH is 3. The van der Waals surface area contributed by atoms with Crippen molar-refractivity contribution in [3.05, 3.63) is 52.0 Å². The van der Waals surface area contributed by atoms with E-state index in [1.165, 1.54) is 25.1 Å². The highest BCUT2D eigenvalue weighted by atomic mass is 16.4. The molecule has 7 N–H and O–H groups in total. The molecule has 32 heavy (non-hydrogen) atoms. The fraction of sp³-hybridized carbons (Fsp3) is 0.409. The Hall–Kier alpha value is -3.21. The van der Waals surface area contributed by atoms with Crippen LogP contribution in [-0.4, -0.2) is 79.7 Å². The van der Waals surface area contributed by atoms with Crippen LogP contribution in [0.4, 0.5) is 0 Å². The van der Waals surface area contributed by atoms with E-state index in [9.17, 15) is 39.9 Å². The van der Waals surface area contributed by atoms with Crippen molar-refractivity contribution in [1.29, 1.82) is 0 Å². The second-order valence-corrected chi connectivity index (χ2v) is 8.79. The van der Waals surface area contributed by atoms with Crippen LogP contribution in [0, 0.1) is 11.8 Å². The van der Waals surface area contributed by atoms with Crippen molar-refractivity contribution in [2.75, 3.05) is 14.1 Å². The number of nitrogens with zero attached hydrogens (tertiary/aromatic N) is 1. The summed E-state index contributed by atoms with van der Waals surface area (Å²) in [5, 5.41) is 55.0. The maximum atomic E-state index is 13.3. The summed E-state index contributed by atoms with van der Waals surface area (Å²) in [7, 11) is 2.98. The zero-order valence-corrected chi connectivity index (χ0v) is 17.6. The van der Waals surface area contributed by atoms with Crippen molar-refractivity contribution >= 4 is 17.5 Å². The first-order valence-corrected chi connectivity index (χ1v) is 10.0. The maximum Gasteiger partial charge on any atom is 0.255 e. The number of aliphatic hydroxyl groups is 4. The van der Waals surface area contributed by atoms with Crippen LogP contribution in [0.15, 0.2) is 40.9 Å². The molecule has 6 atom stereocenters. The molecule has 0 aliphatic heterocycles. The summed E-state index contributed by atoms with van der Waals surface area (Å²) in [6.45, 7) is 1.68. The molecule has 0 fully saturated rings. The number of ketones is 2. The Bertz CT molecular complexity index is 1140. The van der Waals surface area contributed by atoms with Gasteiger partial charge in [-0.3, -0.25) is 19.3 Å². The average molecular weight is 444 g/mol. The topological polar surface area (TPSA) is 182 Å². The van der Waals surface area contributed by atoms with Gasteiger partial charge in [-0.1, -0.05) is 19.1 Å². The highest BCUT2D eigenvalue weighted by molar-refractivity contribution is 6.25. The van der Waals surface area contributed by atoms with E-state index in [-0.39, 0.29) is 11.3 Å². The quantitative estimate of drug-likeness (QED) is 0.332. The van der Waals surface area contributed by atoms with Gasteiger partial charge >= 0.3 is 0 Å². The second kappa shape index (κ2) is 6.89. The van der Waals surface area contributed by atoms with Crippen LogP contribution >= 0.6 is 0 Å². The van der Waals surface area contributed by atoms with Gasteiger partial charge in [0.1, 0.15) is 22.8 Å². The molecule has 0 saturated heterocycles. The third kappa shape index (κ3) is 2.48. The molecule has 0 spiro atoms. The predicted molar refractivity (Wildman–Crippen MR) is 110 cm³/mol. The van der Waals surface area contributed by atoms with Crippen molar-refractivity contribution in [2.45, 2.75) is 30.6 Å². The number of hydrogen-bond acceptors (Lipinski definition) is 9. The summed E-state index contributed by atoms with van der Waals surface area (Å²) < 4.78 is 0. The molecule has 1 aromatic rings. The molecular weight excluding hydrogens is 420 g/mol. The number of nitrogens with two attached hydrogens (primary N) is 1. The van der Waals surface area contributed by atoms with E-state index in [4.69, 9.17) is 5.73 Å². The van der Waals surface area contributed by atoms with Gasteiger partial charge in [0.2, 0.25) is 5.78 Å². The van der Waals surface area contributed by atoms with Crippen LogP contribution in [0.5, 0.6) is 5.75 Å². The fourth-order valence-electron chi connectivity index (χ4n) is 5.58. The number of hydrogen-bond donors (Lipinski definition) is 6. The molecule has 170 valence electrons. The van der Waals surface area contributed by atoms with Crippen LogP contribution in [-0.2, 0) is 9.59 Å². The molecule has 0 heterocycles. The number of benzene rings is 1. The first-order chi connectivity index (χ1) is 14.9. The third-order valence-corrected chi connectivity index (χ3v) is 7.00. The van der Waals surface area contributed by atoms with E-state index in [1.807, 2.05) is 0 Å². The highest BCUT2D eigenvalue weighted by Gasteiger charge is 2.67. The number of carbonyl (C=O) groups excluding carboxylic acids is 3. The minimum absolute atomic E-state index is 0.104. The fourth-order valence-corrected chi connectivity index (χ4v) is 5.58. The van der Waals surface area contributed by atoms with Crippen molar-refractivity contribution in [1.82, 2.24) is 4.90 Å². The van der Waals surface area contributed by atoms with E-state index in [1.54, 1.807) is 19.1 Å². The van der Waals surface area contributed by atoms with E-state index in [0.29, 0.717) is 5.56 Å². The minimum atomic E-state index is -2.89. The lowest BCUT2D eigenvalue weighted by Crippen LogP contribution is -2.68. The monoisotopic (exact) mass is 444 g/mol. The Labute approximate surface area is 182 Å². The third-order valence-electron chi connectivity index (χ3n) is 7.00. The number of likely N-dealkylation sites (N-methyl/N-ethyl adjacent to an activating group) is 1. The molecule has 4 rings (SSSR count). The number of rotatable bonds is 2. The Balaban J connectivity index is 2.06. The standard InChI is InChI=1S/C22H24N2O8/c1-7-8-5-4-6-9(25)11(8)16(26)12-10(7)17(27)14-15(24(2)3)18(28)13(21(23)31)20(30)22(14,32)19(12)29/h4-7,10,14-15,17,25,27-29,32H,1-3H3,(H2,23,31)/t7?,10-,14-,15?,17?,22?/m1/s1. The lowest BCUT2D eigenvalue weighted by atomic mass is 9.55. The van der Waals surface area contributed by atoms with Gasteiger partial charge in [-0.2, -0.15) is 0 Å². The zero-order chi connectivity index (χ0) is 23.9. The molecule has 10 heteroatoms. The maximum absolute atomic E-state index is 13.3. The molecule has 0 radical (unpaired) electrons. The van der Waals surface area contributed by atoms with Gasteiger partial charge in [0.05, 0.1) is 23.6 Å². The lowest BCUT2D eigenvalue weighted by molar-refractivity contribution is -0.162. The van der Waals surface area contributed by atoms with Crippen LogP contribution in [0.1, 0.15) is 28.8 Å². The Morgan fingerprint density at radius 3 is 2.34 bits per heavy atom. The number of phenols is 1. The van der Waals surface area contributed by atoms with Gasteiger partial charge in [0.15, 0.2) is 11.4 Å². The molecule has 3 aliphatic rings. The number of phenolic OH excluding ortho intramolecular Hbond substituents is 1. The van der Waals surface area contributed by atoms with Crippen LogP contribution < -0.4 is 5.73 Å². The summed E-state index contributed by atoms with van der Waals surface area (Å²) in [5.74, 6) is -8.86. The lowest BCUT2D eigenvalue weighted by Gasteiger charge is -2.53. The average Bonchev–Trinajstić information content (AvgIpc) is 2.70. The number of aromatic hydroxyl groups is 1. The van der Waals surface area contributed by atoms with E-state index < -0.39 is 75.6 Å². The summed E-state index contributed by atoms with van der Waals surface area (Å²) in [6, 6.07) is 3.17. The SMILES string of the molecule is CC1c2cccc(O)c2C(=O)C2=C(O)C3(O)C(=O)C(C(N)=O)=C(O)C(N(C)C)[C@@H]3C(O)[C@@H]21. The summed E-state index contributed by atoms with van der Waals surface area (Å²) >= 11 is 0. The zero-order valence-electron chi connectivity index (χ0n) is 17.6. The van der Waals surface area contributed by atoms with Gasteiger partial charge in [-0.05, 0) is 31.6 Å². The van der Waals surface area contributed by atoms with Gasteiger partial charge in [0, 0.05) is 11.5 Å². The summed E-state index contributed by atoms with van der Waals surface area (Å²) in [5.41, 5.74) is 1.36. The van der Waals surface area contributed by atoms with E-state index in [0.717, 1.165) is 0 Å². The Morgan fingerprint density at radius 1 is 1.16 bits per heavy atom. The molecule has 1 amide bonds. The Kier molecular flexibility index (Phi) is 4.74. The molecular formula is C22H24N2O8. The Morgan fingerprint density at radius 2 is 1.78 bits per heavy atom. The summed E-state index contributed by atoms with van der Waals surface area (Å²) in [6.07, 6.45) is -1.59. The van der Waals surface area contributed by atoms with Gasteiger partial charge in [0.25, 0.3) is 5.91 Å². The number of amides is 1. The van der Waals surface area contributed by atoms with E-state index >= 15 is 0 Å². The van der Waals surface area contributed by atoms with E-state index in [2.05, 4.69) is 0 Å². The normalized spacial score (nSPS) is 34.4. The largest absolute Gasteiger partial charge is 0.510 e. The van der Waals surface area contributed by atoms with Crippen LogP contribution in [0.3, 0.4) is 0 Å². The first-order valence-electron chi connectivity index (χ1n) is 10.0. The highest BCUT2D eigenvalue weighted by Crippen LogP contribution is 2.55. The number of fused-ring (bicyclic) bond motifs is 3. The molecule has 3 aliphatic carbocycles. The van der Waals surface area contributed by atoms with Crippen LogP contribution in [0.2, 0.25) is 0 Å². The minimum Gasteiger partial charge on any atom is -0.510 e.